The van der Waals surface area contributed by atoms with Crippen LogP contribution in [0.1, 0.15) is 6.92 Å². The lowest BCUT2D eigenvalue weighted by atomic mass is 10.2. The maximum Gasteiger partial charge on any atom is 0.269 e. The highest BCUT2D eigenvalue weighted by Crippen LogP contribution is 2.25. The lowest BCUT2D eigenvalue weighted by Gasteiger charge is -2.10. The highest BCUT2D eigenvalue weighted by atomic mass is 32.2. The summed E-state index contributed by atoms with van der Waals surface area (Å²) in [6, 6.07) is 15.5. The van der Waals surface area contributed by atoms with Crippen LogP contribution >= 0.6 is 0 Å². The quantitative estimate of drug-likeness (QED) is 0.722. The number of rotatable bonds is 5. The second-order valence-electron chi connectivity index (χ2n) is 4.83. The lowest BCUT2D eigenvalue weighted by molar-refractivity contribution is 0.340. The molecule has 3 aromatic rings. The molecule has 23 heavy (non-hydrogen) atoms. The minimum absolute atomic E-state index is 0.222. The molecule has 118 valence electrons. The molecule has 0 amide bonds. The van der Waals surface area contributed by atoms with Crippen LogP contribution in [0.2, 0.25) is 0 Å². The number of benzene rings is 2. The number of imidazole rings is 1. The van der Waals surface area contributed by atoms with Gasteiger partial charge in [0.1, 0.15) is 5.75 Å². The van der Waals surface area contributed by atoms with Gasteiger partial charge in [-0.25, -0.2) is 17.4 Å². The van der Waals surface area contributed by atoms with Gasteiger partial charge in [-0.1, -0.05) is 30.3 Å². The van der Waals surface area contributed by atoms with Crippen LogP contribution in [0.5, 0.6) is 5.75 Å². The van der Waals surface area contributed by atoms with Gasteiger partial charge < -0.3 is 4.74 Å². The van der Waals surface area contributed by atoms with Crippen LogP contribution in [-0.4, -0.2) is 24.0 Å². The van der Waals surface area contributed by atoms with Crippen LogP contribution in [-0.2, 0) is 10.0 Å². The second kappa shape index (κ2) is 6.26. The Morgan fingerprint density at radius 2 is 1.87 bits per heavy atom. The van der Waals surface area contributed by atoms with Crippen molar-refractivity contribution in [1.29, 1.82) is 0 Å². The maximum atomic E-state index is 12.8. The van der Waals surface area contributed by atoms with E-state index >= 15 is 0 Å². The van der Waals surface area contributed by atoms with E-state index in [1.54, 1.807) is 36.4 Å². The predicted molar refractivity (Wildman–Crippen MR) is 87.9 cm³/mol. The number of nitrogens with zero attached hydrogens (tertiary/aromatic N) is 2. The van der Waals surface area contributed by atoms with Crippen LogP contribution in [0.4, 0.5) is 0 Å². The van der Waals surface area contributed by atoms with Crippen LogP contribution in [0.15, 0.2) is 71.9 Å². The van der Waals surface area contributed by atoms with Crippen molar-refractivity contribution in [3.05, 3.63) is 67.0 Å². The predicted octanol–water partition coefficient (Wildman–Crippen LogP) is 3.19. The molecule has 0 aliphatic carbocycles. The zero-order chi connectivity index (χ0) is 16.3. The molecular formula is C17H16N2O3S. The van der Waals surface area contributed by atoms with E-state index in [1.165, 1.54) is 16.4 Å². The zero-order valence-corrected chi connectivity index (χ0v) is 13.4. The molecule has 0 spiro atoms. The molecule has 0 aliphatic heterocycles. The monoisotopic (exact) mass is 328 g/mol. The fraction of sp³-hybridized carbons (Fsp3) is 0.118. The van der Waals surface area contributed by atoms with Crippen molar-refractivity contribution in [2.75, 3.05) is 6.61 Å². The Labute approximate surface area is 135 Å². The Morgan fingerprint density at radius 3 is 2.61 bits per heavy atom. The number of ether oxygens (including phenoxy) is 1. The first-order chi connectivity index (χ1) is 11.1. The van der Waals surface area contributed by atoms with Gasteiger partial charge in [-0.2, -0.15) is 0 Å². The molecule has 0 atom stereocenters. The van der Waals surface area contributed by atoms with Crippen LogP contribution in [0, 0.1) is 0 Å². The van der Waals surface area contributed by atoms with Gasteiger partial charge in [0.25, 0.3) is 10.0 Å². The van der Waals surface area contributed by atoms with Gasteiger partial charge in [0.05, 0.1) is 11.5 Å². The van der Waals surface area contributed by atoms with Crippen molar-refractivity contribution in [3.8, 4) is 17.1 Å². The second-order valence-corrected chi connectivity index (χ2v) is 6.64. The first-order valence-corrected chi connectivity index (χ1v) is 8.64. The van der Waals surface area contributed by atoms with Gasteiger partial charge in [-0.05, 0) is 31.2 Å². The van der Waals surface area contributed by atoms with Crippen molar-refractivity contribution in [2.24, 2.45) is 0 Å². The van der Waals surface area contributed by atoms with Gasteiger partial charge in [-0.3, -0.25) is 0 Å². The Kier molecular flexibility index (Phi) is 4.16. The Balaban J connectivity index is 2.09. The van der Waals surface area contributed by atoms with Crippen molar-refractivity contribution in [3.63, 3.8) is 0 Å². The van der Waals surface area contributed by atoms with Crippen LogP contribution in [0.3, 0.4) is 0 Å². The number of hydrogen-bond donors (Lipinski definition) is 0. The standard InChI is InChI=1S/C17H16N2O3S/c1-2-22-15-8-6-7-14(13-15)17-18-11-12-19(17)23(20,21)16-9-4-3-5-10-16/h3-13H,2H2,1H3. The smallest absolute Gasteiger partial charge is 0.269 e. The molecule has 1 aromatic heterocycles. The first-order valence-electron chi connectivity index (χ1n) is 7.20. The average molecular weight is 328 g/mol. The number of aromatic nitrogens is 2. The number of hydrogen-bond acceptors (Lipinski definition) is 4. The molecule has 0 N–H and O–H groups in total. The van der Waals surface area contributed by atoms with E-state index in [0.717, 1.165) is 0 Å². The molecular weight excluding hydrogens is 312 g/mol. The highest BCUT2D eigenvalue weighted by molar-refractivity contribution is 7.90. The summed E-state index contributed by atoms with van der Waals surface area (Å²) in [7, 11) is -3.69. The van der Waals surface area contributed by atoms with Crippen LogP contribution in [0.25, 0.3) is 11.4 Å². The van der Waals surface area contributed by atoms with E-state index in [4.69, 9.17) is 4.74 Å². The summed E-state index contributed by atoms with van der Waals surface area (Å²) in [5.41, 5.74) is 0.681. The molecule has 6 heteroatoms. The lowest BCUT2D eigenvalue weighted by Crippen LogP contribution is -2.13. The zero-order valence-electron chi connectivity index (χ0n) is 12.6. The van der Waals surface area contributed by atoms with E-state index < -0.39 is 10.0 Å². The normalized spacial score (nSPS) is 11.3. The van der Waals surface area contributed by atoms with Gasteiger partial charge in [-0.15, -0.1) is 0 Å². The summed E-state index contributed by atoms with van der Waals surface area (Å²) in [6.45, 7) is 2.44. The summed E-state index contributed by atoms with van der Waals surface area (Å²) in [6.07, 6.45) is 2.92. The van der Waals surface area contributed by atoms with Crippen LogP contribution < -0.4 is 4.74 Å². The van der Waals surface area contributed by atoms with E-state index in [9.17, 15) is 8.42 Å². The first kappa shape index (κ1) is 15.3. The molecule has 1 heterocycles. The molecule has 0 unspecified atom stereocenters. The van der Waals surface area contributed by atoms with Gasteiger partial charge in [0.2, 0.25) is 0 Å². The Morgan fingerprint density at radius 1 is 1.09 bits per heavy atom. The third kappa shape index (κ3) is 2.98. The molecule has 3 rings (SSSR count). The molecule has 5 nitrogen and oxygen atoms in total. The summed E-state index contributed by atoms with van der Waals surface area (Å²) in [5.74, 6) is 1.03. The summed E-state index contributed by atoms with van der Waals surface area (Å²) < 4.78 is 32.2. The molecule has 0 fully saturated rings. The molecule has 0 saturated carbocycles. The van der Waals surface area contributed by atoms with E-state index in [-0.39, 0.29) is 4.90 Å². The van der Waals surface area contributed by atoms with Gasteiger partial charge in [0.15, 0.2) is 5.82 Å². The molecule has 0 radical (unpaired) electrons. The minimum Gasteiger partial charge on any atom is -0.494 e. The van der Waals surface area contributed by atoms with Gasteiger partial charge in [0, 0.05) is 18.0 Å². The van der Waals surface area contributed by atoms with Crippen molar-refractivity contribution in [2.45, 2.75) is 11.8 Å². The maximum absolute atomic E-state index is 12.8. The molecule has 0 saturated heterocycles. The van der Waals surface area contributed by atoms with Crippen molar-refractivity contribution >= 4 is 10.0 Å². The fourth-order valence-corrected chi connectivity index (χ4v) is 3.61. The SMILES string of the molecule is CCOc1cccc(-c2nccn2S(=O)(=O)c2ccccc2)c1. The Hall–Kier alpha value is -2.60. The summed E-state index contributed by atoms with van der Waals surface area (Å²) >= 11 is 0. The molecule has 0 bridgehead atoms. The third-order valence-electron chi connectivity index (χ3n) is 3.31. The van der Waals surface area contributed by atoms with Crippen molar-refractivity contribution < 1.29 is 13.2 Å². The summed E-state index contributed by atoms with van der Waals surface area (Å²) in [5, 5.41) is 0. The van der Waals surface area contributed by atoms with Gasteiger partial charge >= 0.3 is 0 Å². The largest absolute Gasteiger partial charge is 0.494 e. The highest BCUT2D eigenvalue weighted by Gasteiger charge is 2.20. The van der Waals surface area contributed by atoms with Crippen molar-refractivity contribution in [1.82, 2.24) is 8.96 Å². The molecule has 2 aromatic carbocycles. The Bertz CT molecular complexity index is 902. The summed E-state index contributed by atoms with van der Waals surface area (Å²) in [4.78, 5) is 4.43. The minimum atomic E-state index is -3.69. The molecule has 0 aliphatic rings. The fourth-order valence-electron chi connectivity index (χ4n) is 2.29. The topological polar surface area (TPSA) is 61.2 Å². The van der Waals surface area contributed by atoms with E-state index in [2.05, 4.69) is 4.98 Å². The van der Waals surface area contributed by atoms with E-state index in [1.807, 2.05) is 25.1 Å². The average Bonchev–Trinajstić information content (AvgIpc) is 3.07. The van der Waals surface area contributed by atoms with E-state index in [0.29, 0.717) is 23.7 Å². The third-order valence-corrected chi connectivity index (χ3v) is 4.99.